The predicted octanol–water partition coefficient (Wildman–Crippen LogP) is 0.653. The molecule has 1 aliphatic carbocycles. The largest absolute Gasteiger partial charge is 0.392 e. The van der Waals surface area contributed by atoms with Gasteiger partial charge in [-0.1, -0.05) is 18.6 Å². The second-order valence-electron chi connectivity index (χ2n) is 5.35. The summed E-state index contributed by atoms with van der Waals surface area (Å²) in [5, 5.41) is 3.13. The van der Waals surface area contributed by atoms with Gasteiger partial charge in [0.1, 0.15) is 0 Å². The van der Waals surface area contributed by atoms with Crippen LogP contribution in [0, 0.1) is 5.41 Å². The van der Waals surface area contributed by atoms with E-state index in [0.29, 0.717) is 11.0 Å². The standard InChI is InChI=1S/C12H21N3OS/c1-15-7-3-9(4-8-15)14-11(16)12(10(13)17)5-2-6-12/h9H,2-8H2,1H3,(H2,13,17)(H,14,16). The first kappa shape index (κ1) is 12.8. The van der Waals surface area contributed by atoms with Gasteiger partial charge in [-0.15, -0.1) is 0 Å². The molecular weight excluding hydrogens is 234 g/mol. The smallest absolute Gasteiger partial charge is 0.233 e. The number of nitrogens with zero attached hydrogens (tertiary/aromatic N) is 1. The van der Waals surface area contributed by atoms with E-state index in [9.17, 15) is 4.79 Å². The van der Waals surface area contributed by atoms with Crippen LogP contribution in [0.1, 0.15) is 32.1 Å². The lowest BCUT2D eigenvalue weighted by Gasteiger charge is -2.41. The molecule has 2 rings (SSSR count). The normalized spacial score (nSPS) is 25.0. The molecule has 0 atom stereocenters. The highest BCUT2D eigenvalue weighted by Crippen LogP contribution is 2.41. The first-order valence-electron chi connectivity index (χ1n) is 6.34. The monoisotopic (exact) mass is 255 g/mol. The van der Waals surface area contributed by atoms with Crippen molar-refractivity contribution >= 4 is 23.1 Å². The maximum Gasteiger partial charge on any atom is 0.233 e. The number of likely N-dealkylation sites (tertiary alicyclic amines) is 1. The number of rotatable bonds is 3. The van der Waals surface area contributed by atoms with E-state index in [1.165, 1.54) is 0 Å². The van der Waals surface area contributed by atoms with Crippen LogP contribution in [0.5, 0.6) is 0 Å². The van der Waals surface area contributed by atoms with Gasteiger partial charge in [-0.2, -0.15) is 0 Å². The minimum atomic E-state index is -0.529. The van der Waals surface area contributed by atoms with Crippen molar-refractivity contribution in [1.29, 1.82) is 0 Å². The van der Waals surface area contributed by atoms with E-state index in [1.807, 2.05) is 0 Å². The molecule has 2 fully saturated rings. The quantitative estimate of drug-likeness (QED) is 0.727. The van der Waals surface area contributed by atoms with Gasteiger partial charge >= 0.3 is 0 Å². The Morgan fingerprint density at radius 2 is 2.00 bits per heavy atom. The molecule has 17 heavy (non-hydrogen) atoms. The molecule has 0 aromatic heterocycles. The zero-order chi connectivity index (χ0) is 12.5. The van der Waals surface area contributed by atoms with E-state index >= 15 is 0 Å². The number of nitrogens with one attached hydrogen (secondary N) is 1. The summed E-state index contributed by atoms with van der Waals surface area (Å²) < 4.78 is 0. The van der Waals surface area contributed by atoms with Gasteiger partial charge in [0.2, 0.25) is 5.91 Å². The predicted molar refractivity (Wildman–Crippen MR) is 71.7 cm³/mol. The Labute approximate surface area is 108 Å². The Kier molecular flexibility index (Phi) is 3.68. The molecule has 2 aliphatic rings. The summed E-state index contributed by atoms with van der Waals surface area (Å²) in [6.45, 7) is 2.09. The van der Waals surface area contributed by atoms with Crippen LogP contribution in [0.2, 0.25) is 0 Å². The van der Waals surface area contributed by atoms with Gasteiger partial charge in [0, 0.05) is 6.04 Å². The number of carbonyl (C=O) groups is 1. The fourth-order valence-electron chi connectivity index (χ4n) is 2.59. The maximum atomic E-state index is 12.2. The molecule has 0 bridgehead atoms. The molecule has 96 valence electrons. The SMILES string of the molecule is CN1CCC(NC(=O)C2(C(N)=S)CCC2)CC1. The molecule has 0 spiro atoms. The fraction of sp³-hybridized carbons (Fsp3) is 0.833. The van der Waals surface area contributed by atoms with E-state index in [-0.39, 0.29) is 5.91 Å². The average Bonchev–Trinajstić information content (AvgIpc) is 2.19. The van der Waals surface area contributed by atoms with Crippen molar-refractivity contribution in [1.82, 2.24) is 10.2 Å². The van der Waals surface area contributed by atoms with Gasteiger partial charge < -0.3 is 16.0 Å². The number of hydrogen-bond donors (Lipinski definition) is 2. The molecule has 1 aliphatic heterocycles. The van der Waals surface area contributed by atoms with Crippen LogP contribution in [-0.4, -0.2) is 42.0 Å². The Bertz CT molecular complexity index is 320. The lowest BCUT2D eigenvalue weighted by Crippen LogP contribution is -2.56. The minimum absolute atomic E-state index is 0.0609. The van der Waals surface area contributed by atoms with Crippen molar-refractivity contribution in [3.63, 3.8) is 0 Å². The average molecular weight is 255 g/mol. The molecule has 0 unspecified atom stereocenters. The van der Waals surface area contributed by atoms with Crippen molar-refractivity contribution in [3.8, 4) is 0 Å². The van der Waals surface area contributed by atoms with E-state index in [2.05, 4.69) is 17.3 Å². The van der Waals surface area contributed by atoms with E-state index in [1.54, 1.807) is 0 Å². The molecule has 5 heteroatoms. The van der Waals surface area contributed by atoms with Crippen molar-refractivity contribution < 1.29 is 4.79 Å². The third-order valence-electron chi connectivity index (χ3n) is 4.17. The van der Waals surface area contributed by atoms with Crippen molar-refractivity contribution in [3.05, 3.63) is 0 Å². The summed E-state index contributed by atoms with van der Waals surface area (Å²) in [6.07, 6.45) is 4.74. The topological polar surface area (TPSA) is 58.4 Å². The number of nitrogens with two attached hydrogens (primary N) is 1. The molecule has 0 radical (unpaired) electrons. The number of carbonyl (C=O) groups excluding carboxylic acids is 1. The van der Waals surface area contributed by atoms with E-state index in [4.69, 9.17) is 18.0 Å². The van der Waals surface area contributed by atoms with Crippen molar-refractivity contribution in [2.75, 3.05) is 20.1 Å². The molecular formula is C12H21N3OS. The van der Waals surface area contributed by atoms with Gasteiger partial charge in [0.15, 0.2) is 0 Å². The van der Waals surface area contributed by atoms with Gasteiger partial charge in [-0.25, -0.2) is 0 Å². The van der Waals surface area contributed by atoms with Crippen LogP contribution in [-0.2, 0) is 4.79 Å². The second kappa shape index (κ2) is 4.90. The van der Waals surface area contributed by atoms with Gasteiger partial charge in [-0.3, -0.25) is 4.79 Å². The first-order valence-corrected chi connectivity index (χ1v) is 6.75. The zero-order valence-corrected chi connectivity index (χ0v) is 11.2. The number of amides is 1. The summed E-state index contributed by atoms with van der Waals surface area (Å²) in [5.41, 5.74) is 5.19. The minimum Gasteiger partial charge on any atom is -0.392 e. The van der Waals surface area contributed by atoms with Gasteiger partial charge in [0.25, 0.3) is 0 Å². The summed E-state index contributed by atoms with van der Waals surface area (Å²) >= 11 is 5.05. The Balaban J connectivity index is 1.90. The molecule has 1 amide bonds. The van der Waals surface area contributed by atoms with E-state index in [0.717, 1.165) is 45.2 Å². The van der Waals surface area contributed by atoms with E-state index < -0.39 is 5.41 Å². The highest BCUT2D eigenvalue weighted by atomic mass is 32.1. The highest BCUT2D eigenvalue weighted by molar-refractivity contribution is 7.80. The molecule has 1 heterocycles. The van der Waals surface area contributed by atoms with Gasteiger partial charge in [-0.05, 0) is 45.8 Å². The third-order valence-corrected chi connectivity index (χ3v) is 4.56. The Morgan fingerprint density at radius 1 is 1.41 bits per heavy atom. The van der Waals surface area contributed by atoms with Crippen LogP contribution < -0.4 is 11.1 Å². The summed E-state index contributed by atoms with van der Waals surface area (Å²) in [5.74, 6) is 0.0609. The van der Waals surface area contributed by atoms with Crippen LogP contribution >= 0.6 is 12.2 Å². The number of piperidine rings is 1. The fourth-order valence-corrected chi connectivity index (χ4v) is 2.89. The molecule has 3 N–H and O–H groups in total. The highest BCUT2D eigenvalue weighted by Gasteiger charge is 2.47. The molecule has 4 nitrogen and oxygen atoms in total. The lowest BCUT2D eigenvalue weighted by atomic mass is 9.68. The summed E-state index contributed by atoms with van der Waals surface area (Å²) in [4.78, 5) is 14.9. The van der Waals surface area contributed by atoms with Crippen LogP contribution in [0.25, 0.3) is 0 Å². The molecule has 0 aromatic rings. The first-order chi connectivity index (χ1) is 8.04. The number of thiocarbonyl (C=S) groups is 1. The zero-order valence-electron chi connectivity index (χ0n) is 10.4. The third kappa shape index (κ3) is 2.45. The summed E-state index contributed by atoms with van der Waals surface area (Å²) in [7, 11) is 2.11. The molecule has 1 saturated carbocycles. The molecule has 0 aromatic carbocycles. The van der Waals surface area contributed by atoms with Gasteiger partial charge in [0.05, 0.1) is 10.4 Å². The van der Waals surface area contributed by atoms with Crippen LogP contribution in [0.3, 0.4) is 0 Å². The van der Waals surface area contributed by atoms with Crippen LogP contribution in [0.15, 0.2) is 0 Å². The van der Waals surface area contributed by atoms with Crippen molar-refractivity contribution in [2.24, 2.45) is 11.1 Å². The summed E-state index contributed by atoms with van der Waals surface area (Å²) in [6, 6.07) is 0.297. The maximum absolute atomic E-state index is 12.2. The van der Waals surface area contributed by atoms with Crippen LogP contribution in [0.4, 0.5) is 0 Å². The Morgan fingerprint density at radius 3 is 2.41 bits per heavy atom. The number of hydrogen-bond acceptors (Lipinski definition) is 3. The second-order valence-corrected chi connectivity index (χ2v) is 5.79. The lowest BCUT2D eigenvalue weighted by molar-refractivity contribution is -0.131. The molecule has 1 saturated heterocycles. The van der Waals surface area contributed by atoms with Crippen molar-refractivity contribution in [2.45, 2.75) is 38.1 Å². The Hall–Kier alpha value is -0.680.